The van der Waals surface area contributed by atoms with Crippen molar-refractivity contribution in [3.63, 3.8) is 0 Å². The monoisotopic (exact) mass is 463 g/mol. The molecule has 4 rings (SSSR count). The average Bonchev–Trinajstić information content (AvgIpc) is 3.14. The van der Waals surface area contributed by atoms with Gasteiger partial charge in [0.15, 0.2) is 0 Å². The maximum atomic E-state index is 13.3. The third-order valence-electron chi connectivity index (χ3n) is 6.47. The zero-order valence-electron chi connectivity index (χ0n) is 19.4. The fraction of sp³-hybridized carbons (Fsp3) is 0.385. The SMILES string of the molecule is CCOC(=O)N1CCC(N2C(=O)C(=O)/C(=C(/O)c3ccc(CC)cc3)C2c2ccccn2)CC1. The molecule has 1 N–H and O–H groups in total. The van der Waals surface area contributed by atoms with Crippen molar-refractivity contribution in [2.45, 2.75) is 45.2 Å². The number of amides is 2. The summed E-state index contributed by atoms with van der Waals surface area (Å²) in [7, 11) is 0. The molecule has 1 atom stereocenters. The summed E-state index contributed by atoms with van der Waals surface area (Å²) in [5.74, 6) is -1.58. The Morgan fingerprint density at radius 3 is 2.38 bits per heavy atom. The zero-order chi connectivity index (χ0) is 24.2. The summed E-state index contributed by atoms with van der Waals surface area (Å²) >= 11 is 0. The molecule has 2 saturated heterocycles. The van der Waals surface area contributed by atoms with Crippen molar-refractivity contribution in [3.8, 4) is 0 Å². The van der Waals surface area contributed by atoms with E-state index in [0.29, 0.717) is 43.8 Å². The first-order chi connectivity index (χ1) is 16.5. The van der Waals surface area contributed by atoms with Crippen LogP contribution in [0.2, 0.25) is 0 Å². The molecule has 0 spiro atoms. The molecule has 8 heteroatoms. The molecule has 0 bridgehead atoms. The molecule has 2 amide bonds. The number of rotatable bonds is 5. The van der Waals surface area contributed by atoms with Gasteiger partial charge in [-0.2, -0.15) is 0 Å². The van der Waals surface area contributed by atoms with Gasteiger partial charge in [-0.3, -0.25) is 14.6 Å². The summed E-state index contributed by atoms with van der Waals surface area (Å²) in [5.41, 5.74) is 2.14. The Morgan fingerprint density at radius 1 is 1.09 bits per heavy atom. The van der Waals surface area contributed by atoms with Gasteiger partial charge >= 0.3 is 6.09 Å². The number of aryl methyl sites for hydroxylation is 1. The number of aliphatic hydroxyl groups excluding tert-OH is 1. The second-order valence-electron chi connectivity index (χ2n) is 8.43. The predicted molar refractivity (Wildman–Crippen MR) is 126 cm³/mol. The van der Waals surface area contributed by atoms with Gasteiger partial charge < -0.3 is 19.6 Å². The van der Waals surface area contributed by atoms with Gasteiger partial charge in [-0.05, 0) is 43.9 Å². The van der Waals surface area contributed by atoms with Gasteiger partial charge in [0, 0.05) is 30.9 Å². The van der Waals surface area contributed by atoms with Crippen molar-refractivity contribution in [3.05, 3.63) is 71.1 Å². The van der Waals surface area contributed by atoms with Gasteiger partial charge in [0.05, 0.1) is 17.9 Å². The molecule has 2 fully saturated rings. The van der Waals surface area contributed by atoms with E-state index < -0.39 is 17.7 Å². The topological polar surface area (TPSA) is 100 Å². The van der Waals surface area contributed by atoms with Gasteiger partial charge in [-0.25, -0.2) is 4.79 Å². The number of aromatic nitrogens is 1. The Kier molecular flexibility index (Phi) is 6.95. The molecule has 1 aromatic heterocycles. The molecule has 178 valence electrons. The van der Waals surface area contributed by atoms with Crippen LogP contribution in [0.1, 0.15) is 49.6 Å². The molecule has 1 unspecified atom stereocenters. The zero-order valence-corrected chi connectivity index (χ0v) is 19.4. The van der Waals surface area contributed by atoms with Crippen molar-refractivity contribution < 1.29 is 24.2 Å². The average molecular weight is 464 g/mol. The van der Waals surface area contributed by atoms with Crippen LogP contribution in [0.25, 0.3) is 5.76 Å². The second kappa shape index (κ2) is 10.1. The Labute approximate surface area is 198 Å². The van der Waals surface area contributed by atoms with E-state index in [-0.39, 0.29) is 23.5 Å². The van der Waals surface area contributed by atoms with Crippen LogP contribution < -0.4 is 0 Å². The van der Waals surface area contributed by atoms with E-state index in [0.717, 1.165) is 12.0 Å². The van der Waals surface area contributed by atoms with Crippen LogP contribution in [-0.2, 0) is 20.7 Å². The van der Waals surface area contributed by atoms with Crippen LogP contribution in [0.3, 0.4) is 0 Å². The first-order valence-corrected chi connectivity index (χ1v) is 11.7. The lowest BCUT2D eigenvalue weighted by Crippen LogP contribution is -2.48. The number of Topliss-reactive ketones (excluding diaryl/α,β-unsaturated/α-hetero) is 1. The number of ether oxygens (including phenoxy) is 1. The number of benzene rings is 1. The molecule has 0 saturated carbocycles. The number of likely N-dealkylation sites (tertiary alicyclic amines) is 2. The van der Waals surface area contributed by atoms with E-state index in [4.69, 9.17) is 4.74 Å². The molecule has 0 radical (unpaired) electrons. The van der Waals surface area contributed by atoms with Crippen molar-refractivity contribution in [1.82, 2.24) is 14.8 Å². The fourth-order valence-electron chi connectivity index (χ4n) is 4.65. The summed E-state index contributed by atoms with van der Waals surface area (Å²) < 4.78 is 5.09. The minimum Gasteiger partial charge on any atom is -0.507 e. The first-order valence-electron chi connectivity index (χ1n) is 11.7. The molecule has 2 aliphatic rings. The van der Waals surface area contributed by atoms with Crippen molar-refractivity contribution >= 4 is 23.5 Å². The summed E-state index contributed by atoms with van der Waals surface area (Å²) in [5, 5.41) is 11.2. The number of nitrogens with zero attached hydrogens (tertiary/aromatic N) is 3. The molecule has 34 heavy (non-hydrogen) atoms. The summed E-state index contributed by atoms with van der Waals surface area (Å²) in [6, 6.07) is 11.5. The molecule has 0 aliphatic carbocycles. The van der Waals surface area contributed by atoms with E-state index in [2.05, 4.69) is 4.98 Å². The highest BCUT2D eigenvalue weighted by Crippen LogP contribution is 2.41. The Hall–Kier alpha value is -3.68. The molecule has 2 aromatic rings. The third kappa shape index (κ3) is 4.40. The van der Waals surface area contributed by atoms with Crippen molar-refractivity contribution in [2.75, 3.05) is 19.7 Å². The van der Waals surface area contributed by atoms with E-state index in [1.807, 2.05) is 19.1 Å². The van der Waals surface area contributed by atoms with Gasteiger partial charge in [-0.15, -0.1) is 0 Å². The normalized spacial score (nSPS) is 20.6. The Balaban J connectivity index is 1.70. The van der Waals surface area contributed by atoms with E-state index in [1.165, 1.54) is 0 Å². The molecule has 3 heterocycles. The van der Waals surface area contributed by atoms with Gasteiger partial charge in [-0.1, -0.05) is 37.3 Å². The van der Waals surface area contributed by atoms with Gasteiger partial charge in [0.25, 0.3) is 11.7 Å². The van der Waals surface area contributed by atoms with Crippen molar-refractivity contribution in [2.24, 2.45) is 0 Å². The first kappa shape index (κ1) is 23.5. The van der Waals surface area contributed by atoms with E-state index in [1.54, 1.807) is 53.3 Å². The smallest absolute Gasteiger partial charge is 0.409 e. The number of carbonyl (C=O) groups is 3. The molecular weight excluding hydrogens is 434 g/mol. The number of ketones is 1. The Bertz CT molecular complexity index is 1090. The predicted octanol–water partition coefficient (Wildman–Crippen LogP) is 3.69. The maximum Gasteiger partial charge on any atom is 0.409 e. The van der Waals surface area contributed by atoms with Crippen LogP contribution >= 0.6 is 0 Å². The van der Waals surface area contributed by atoms with Crippen LogP contribution in [-0.4, -0.2) is 63.4 Å². The highest BCUT2D eigenvalue weighted by Gasteiger charge is 2.50. The summed E-state index contributed by atoms with van der Waals surface area (Å²) in [6.45, 7) is 4.92. The number of hydrogen-bond donors (Lipinski definition) is 1. The third-order valence-corrected chi connectivity index (χ3v) is 6.47. The van der Waals surface area contributed by atoms with Gasteiger partial charge in [0.2, 0.25) is 0 Å². The standard InChI is InChI=1S/C26H29N3O5/c1-3-17-8-10-18(11-9-17)23(30)21-22(20-7-5-6-14-27-20)29(25(32)24(21)31)19-12-15-28(16-13-19)26(33)34-4-2/h5-11,14,19,22,30H,3-4,12-13,15-16H2,1-2H3/b23-21+. The molecular formula is C26H29N3O5. The van der Waals surface area contributed by atoms with Gasteiger partial charge in [0.1, 0.15) is 11.8 Å². The summed E-state index contributed by atoms with van der Waals surface area (Å²) in [6.07, 6.45) is 3.08. The lowest BCUT2D eigenvalue weighted by molar-refractivity contribution is -0.142. The quantitative estimate of drug-likeness (QED) is 0.412. The number of aliphatic hydroxyl groups is 1. The van der Waals surface area contributed by atoms with Crippen LogP contribution in [0.15, 0.2) is 54.2 Å². The number of pyridine rings is 1. The summed E-state index contributed by atoms with van der Waals surface area (Å²) in [4.78, 5) is 46.1. The number of piperidine rings is 1. The number of carbonyl (C=O) groups excluding carboxylic acids is 3. The van der Waals surface area contributed by atoms with Crippen LogP contribution in [0, 0.1) is 0 Å². The maximum absolute atomic E-state index is 13.3. The minimum atomic E-state index is -0.800. The minimum absolute atomic E-state index is 0.0424. The lowest BCUT2D eigenvalue weighted by atomic mass is 9.96. The van der Waals surface area contributed by atoms with Crippen molar-refractivity contribution in [1.29, 1.82) is 0 Å². The fourth-order valence-corrected chi connectivity index (χ4v) is 4.65. The highest BCUT2D eigenvalue weighted by atomic mass is 16.6. The molecule has 2 aliphatic heterocycles. The largest absolute Gasteiger partial charge is 0.507 e. The lowest BCUT2D eigenvalue weighted by Gasteiger charge is -2.38. The van der Waals surface area contributed by atoms with E-state index >= 15 is 0 Å². The Morgan fingerprint density at radius 2 is 1.79 bits per heavy atom. The second-order valence-corrected chi connectivity index (χ2v) is 8.43. The number of hydrogen-bond acceptors (Lipinski definition) is 6. The molecule has 8 nitrogen and oxygen atoms in total. The highest BCUT2D eigenvalue weighted by molar-refractivity contribution is 6.46. The van der Waals surface area contributed by atoms with Crippen LogP contribution in [0.5, 0.6) is 0 Å². The van der Waals surface area contributed by atoms with Crippen LogP contribution in [0.4, 0.5) is 4.79 Å². The molecule has 1 aromatic carbocycles. The van der Waals surface area contributed by atoms with E-state index in [9.17, 15) is 19.5 Å².